The Morgan fingerprint density at radius 2 is 0.667 bits per heavy atom. The van der Waals surface area contributed by atoms with Gasteiger partial charge in [0.2, 0.25) is 0 Å². The van der Waals surface area contributed by atoms with Gasteiger partial charge in [-0.2, -0.15) is 0 Å². The number of aromatic nitrogens is 2. The largest absolute Gasteiger partial charge is 0.673 e. The third kappa shape index (κ3) is 292. The first-order valence-electron chi connectivity index (χ1n) is 8.18. The van der Waals surface area contributed by atoms with E-state index in [1.54, 1.807) is 6.20 Å². The Balaban J connectivity index is -0.0000000830. The van der Waals surface area contributed by atoms with Crippen LogP contribution in [-0.4, -0.2) is 53.1 Å². The number of nitrogens with two attached hydrogens (primary N) is 1. The van der Waals surface area contributed by atoms with Crippen molar-refractivity contribution in [1.82, 2.24) is 9.55 Å². The van der Waals surface area contributed by atoms with Crippen LogP contribution in [0.2, 0.25) is 0 Å². The molecular weight excluding hydrogens is 635 g/mol. The molecule has 1 aromatic rings. The van der Waals surface area contributed by atoms with E-state index < -0.39 is 43.5 Å². The second-order valence-electron chi connectivity index (χ2n) is 5.15. The molecule has 0 aliphatic heterocycles. The van der Waals surface area contributed by atoms with Gasteiger partial charge in [0, 0.05) is 19.4 Å². The lowest BCUT2D eigenvalue weighted by Crippen LogP contribution is -2.10. The van der Waals surface area contributed by atoms with E-state index in [9.17, 15) is 104 Å². The number of aryl methyl sites for hydroxylation is 1. The van der Waals surface area contributed by atoms with Crippen molar-refractivity contribution in [3.05, 3.63) is 18.2 Å². The van der Waals surface area contributed by atoms with Gasteiger partial charge >= 0.3 is 43.5 Å². The van der Waals surface area contributed by atoms with Crippen molar-refractivity contribution in [1.29, 1.82) is 0 Å². The lowest BCUT2D eigenvalue weighted by atomic mass is 10.3. The standard InChI is InChI=1S/C6H11N3.6BF4/c1-5(7)6-8-3-4-9(6)2;6*2-1(3,4)5/h3-5H,7H2,1-2H3;;;;;;/q;6*-1. The van der Waals surface area contributed by atoms with Crippen molar-refractivity contribution >= 4 is 43.5 Å². The van der Waals surface area contributed by atoms with E-state index in [0.717, 1.165) is 5.82 Å². The average Bonchev–Trinajstić information content (AvgIpc) is 2.82. The zero-order chi connectivity index (χ0) is 33.9. The van der Waals surface area contributed by atoms with Crippen LogP contribution in [0.5, 0.6) is 0 Å². The number of rotatable bonds is 1. The summed E-state index contributed by atoms with van der Waals surface area (Å²) >= 11 is 0. The summed E-state index contributed by atoms with van der Waals surface area (Å²) in [5.74, 6) is 0.926. The van der Waals surface area contributed by atoms with Crippen molar-refractivity contribution in [2.45, 2.75) is 13.0 Å². The highest BCUT2D eigenvalue weighted by atomic mass is 19.5. The highest BCUT2D eigenvalue weighted by molar-refractivity contribution is 6.51. The Labute approximate surface area is 202 Å². The van der Waals surface area contributed by atoms with E-state index in [1.165, 1.54) is 0 Å². The topological polar surface area (TPSA) is 43.8 Å². The fourth-order valence-electron chi connectivity index (χ4n) is 0.816. The first-order valence-corrected chi connectivity index (χ1v) is 8.18. The Bertz CT molecular complexity index is 540. The predicted molar refractivity (Wildman–Crippen MR) is 96.9 cm³/mol. The lowest BCUT2D eigenvalue weighted by molar-refractivity contribution is 0.366. The molecule has 0 aliphatic carbocycles. The second-order valence-corrected chi connectivity index (χ2v) is 5.15. The van der Waals surface area contributed by atoms with Gasteiger partial charge in [-0.25, -0.2) is 4.98 Å². The van der Waals surface area contributed by atoms with Gasteiger partial charge in [-0.1, -0.05) is 0 Å². The fourth-order valence-corrected chi connectivity index (χ4v) is 0.816. The second kappa shape index (κ2) is 20.7. The molecule has 0 fully saturated rings. The molecule has 1 atom stereocenters. The highest BCUT2D eigenvalue weighted by Crippen LogP contribution is 2.09. The van der Waals surface area contributed by atoms with Crippen LogP contribution in [0.3, 0.4) is 0 Å². The summed E-state index contributed by atoms with van der Waals surface area (Å²) < 4.78 is 236. The summed E-state index contributed by atoms with van der Waals surface area (Å²) in [7, 11) is -34.1. The molecule has 2 N–H and O–H groups in total. The number of halogens is 24. The third-order valence-electron chi connectivity index (χ3n) is 1.27. The molecule has 0 bridgehead atoms. The zero-order valence-electron chi connectivity index (χ0n) is 18.2. The van der Waals surface area contributed by atoms with E-state index in [1.807, 2.05) is 24.7 Å². The maximum atomic E-state index is 9.75. The minimum absolute atomic E-state index is 0.0324. The SMILES string of the molecule is CC(N)c1nccn1C.F[B-](F)(F)F.F[B-](F)(F)F.F[B-](F)(F)F.F[B-](F)(F)F.F[B-](F)(F)F.F[B-](F)(F)F. The lowest BCUT2D eigenvalue weighted by Gasteiger charge is -2.02. The first kappa shape index (κ1) is 49.8. The van der Waals surface area contributed by atoms with Crippen LogP contribution >= 0.6 is 0 Å². The van der Waals surface area contributed by atoms with Crippen LogP contribution in [-0.2, 0) is 7.05 Å². The fraction of sp³-hybridized carbons (Fsp3) is 0.500. The van der Waals surface area contributed by atoms with Crippen molar-refractivity contribution in [2.75, 3.05) is 0 Å². The molecule has 1 rings (SSSR count). The summed E-state index contributed by atoms with van der Waals surface area (Å²) in [4.78, 5) is 4.05. The van der Waals surface area contributed by atoms with Crippen LogP contribution in [0.1, 0.15) is 18.8 Å². The van der Waals surface area contributed by atoms with Crippen molar-refractivity contribution in [3.8, 4) is 0 Å². The van der Waals surface area contributed by atoms with Gasteiger partial charge < -0.3 is 114 Å². The third-order valence-corrected chi connectivity index (χ3v) is 1.27. The van der Waals surface area contributed by atoms with Gasteiger partial charge in [0.05, 0.1) is 6.04 Å². The number of imidazole rings is 1. The van der Waals surface area contributed by atoms with E-state index in [0.29, 0.717) is 0 Å². The molecule has 1 aromatic heterocycles. The normalized spacial score (nSPS) is 12.4. The molecule has 33 heteroatoms. The van der Waals surface area contributed by atoms with Crippen molar-refractivity contribution < 1.29 is 104 Å². The summed E-state index contributed by atoms with van der Waals surface area (Å²) in [5, 5.41) is 0. The highest BCUT2D eigenvalue weighted by Gasteiger charge is 2.22. The van der Waals surface area contributed by atoms with Gasteiger partial charge in [0.25, 0.3) is 0 Å². The van der Waals surface area contributed by atoms with Gasteiger partial charge in [-0.3, -0.25) is 0 Å². The van der Waals surface area contributed by atoms with Crippen LogP contribution in [0, 0.1) is 0 Å². The minimum Gasteiger partial charge on any atom is -0.418 e. The molecule has 1 unspecified atom stereocenters. The molecule has 0 amide bonds. The van der Waals surface area contributed by atoms with Crippen LogP contribution < -0.4 is 5.73 Å². The van der Waals surface area contributed by atoms with Crippen LogP contribution in [0.4, 0.5) is 104 Å². The monoisotopic (exact) mass is 647 g/mol. The molecule has 242 valence electrons. The Morgan fingerprint density at radius 3 is 0.718 bits per heavy atom. The molecule has 0 aromatic carbocycles. The summed E-state index contributed by atoms with van der Waals surface area (Å²) in [6, 6.07) is 0.0324. The minimum atomic E-state index is -6.00. The quantitative estimate of drug-likeness (QED) is 0.247. The van der Waals surface area contributed by atoms with E-state index in [-0.39, 0.29) is 6.04 Å². The van der Waals surface area contributed by atoms with Gasteiger partial charge in [-0.15, -0.1) is 0 Å². The Hall–Kier alpha value is -2.12. The molecule has 1 heterocycles. The number of hydrogen-bond donors (Lipinski definition) is 1. The van der Waals surface area contributed by atoms with Crippen molar-refractivity contribution in [2.24, 2.45) is 12.8 Å². The number of nitrogens with zero attached hydrogens (tertiary/aromatic N) is 2. The van der Waals surface area contributed by atoms with E-state index in [2.05, 4.69) is 4.98 Å². The van der Waals surface area contributed by atoms with E-state index >= 15 is 0 Å². The van der Waals surface area contributed by atoms with Crippen LogP contribution in [0.15, 0.2) is 12.4 Å². The summed E-state index contributed by atoms with van der Waals surface area (Å²) in [6.45, 7) is 1.92. The molecule has 0 radical (unpaired) electrons. The number of hydrogen-bond acceptors (Lipinski definition) is 2. The predicted octanol–water partition coefficient (Wildman–Crippen LogP) is 8.24. The Morgan fingerprint density at radius 1 is 0.513 bits per heavy atom. The maximum absolute atomic E-state index is 9.75. The van der Waals surface area contributed by atoms with Gasteiger partial charge in [0.1, 0.15) is 5.82 Å². The first-order chi connectivity index (χ1) is 16.2. The zero-order valence-corrected chi connectivity index (χ0v) is 18.2. The van der Waals surface area contributed by atoms with Gasteiger partial charge in [0.15, 0.2) is 0 Å². The Kier molecular flexibility index (Phi) is 26.5. The molecule has 0 saturated carbocycles. The summed E-state index contributed by atoms with van der Waals surface area (Å²) in [5.41, 5.74) is 5.58. The molecule has 0 spiro atoms. The van der Waals surface area contributed by atoms with Crippen LogP contribution in [0.25, 0.3) is 0 Å². The van der Waals surface area contributed by atoms with Crippen molar-refractivity contribution in [3.63, 3.8) is 0 Å². The molecule has 0 aliphatic rings. The van der Waals surface area contributed by atoms with E-state index in [4.69, 9.17) is 5.73 Å². The molecule has 39 heavy (non-hydrogen) atoms. The summed E-state index contributed by atoms with van der Waals surface area (Å²) in [6.07, 6.45) is 3.64. The smallest absolute Gasteiger partial charge is 0.418 e. The molecular formula is C6H11B6F24N3-6. The average molecular weight is 646 g/mol. The molecule has 0 saturated heterocycles. The molecule has 3 nitrogen and oxygen atoms in total. The maximum Gasteiger partial charge on any atom is 0.673 e. The van der Waals surface area contributed by atoms with Gasteiger partial charge in [-0.05, 0) is 6.92 Å².